The number of anilines is 1. The normalized spacial score (nSPS) is 14.8. The Kier molecular flexibility index (Phi) is 4.97. The first-order valence-electron chi connectivity index (χ1n) is 6.84. The van der Waals surface area contributed by atoms with Crippen molar-refractivity contribution in [2.75, 3.05) is 38.1 Å². The average molecular weight is 295 g/mol. The molecular formula is C14H18FN3O3. The van der Waals surface area contributed by atoms with Gasteiger partial charge in [0.25, 0.3) is 0 Å². The van der Waals surface area contributed by atoms with Crippen LogP contribution in [0.2, 0.25) is 0 Å². The van der Waals surface area contributed by atoms with Gasteiger partial charge in [0, 0.05) is 26.2 Å². The molecular weight excluding hydrogens is 277 g/mol. The number of carbonyl (C=O) groups excluding carboxylic acids is 2. The fourth-order valence-electron chi connectivity index (χ4n) is 2.06. The van der Waals surface area contributed by atoms with Gasteiger partial charge in [-0.1, -0.05) is 12.1 Å². The number of piperazine rings is 1. The standard InChI is InChI=1S/C14H18FN3O3/c1-2-21-14(20)18-9-7-17(8-10-18)13(19)16-12-6-4-3-5-11(12)15/h3-6H,2,7-10H2,1H3,(H,16,19). The van der Waals surface area contributed by atoms with Crippen molar-refractivity contribution >= 4 is 17.8 Å². The fourth-order valence-corrected chi connectivity index (χ4v) is 2.06. The van der Waals surface area contributed by atoms with E-state index in [1.54, 1.807) is 28.9 Å². The molecule has 0 spiro atoms. The summed E-state index contributed by atoms with van der Waals surface area (Å²) in [6.45, 7) is 3.66. The molecule has 0 atom stereocenters. The molecule has 114 valence electrons. The highest BCUT2D eigenvalue weighted by molar-refractivity contribution is 5.89. The van der Waals surface area contributed by atoms with Crippen LogP contribution in [0.1, 0.15) is 6.92 Å². The minimum Gasteiger partial charge on any atom is -0.450 e. The Morgan fingerprint density at radius 2 is 1.81 bits per heavy atom. The number of para-hydroxylation sites is 1. The number of hydrogen-bond acceptors (Lipinski definition) is 3. The van der Waals surface area contributed by atoms with Gasteiger partial charge in [-0.25, -0.2) is 14.0 Å². The molecule has 0 unspecified atom stereocenters. The molecule has 1 saturated heterocycles. The van der Waals surface area contributed by atoms with Gasteiger partial charge in [0.05, 0.1) is 12.3 Å². The predicted molar refractivity (Wildman–Crippen MR) is 75.6 cm³/mol. The maximum Gasteiger partial charge on any atom is 0.409 e. The summed E-state index contributed by atoms with van der Waals surface area (Å²) >= 11 is 0. The maximum atomic E-state index is 13.5. The lowest BCUT2D eigenvalue weighted by Crippen LogP contribution is -2.51. The Labute approximate surface area is 122 Å². The number of amides is 3. The van der Waals surface area contributed by atoms with Gasteiger partial charge in [0.15, 0.2) is 0 Å². The van der Waals surface area contributed by atoms with Crippen molar-refractivity contribution in [2.24, 2.45) is 0 Å². The van der Waals surface area contributed by atoms with E-state index in [-0.39, 0.29) is 17.8 Å². The SMILES string of the molecule is CCOC(=O)N1CCN(C(=O)Nc2ccccc2F)CC1. The summed E-state index contributed by atoms with van der Waals surface area (Å²) in [7, 11) is 0. The predicted octanol–water partition coefficient (Wildman–Crippen LogP) is 2.13. The number of halogens is 1. The number of urea groups is 1. The van der Waals surface area contributed by atoms with Crippen molar-refractivity contribution < 1.29 is 18.7 Å². The van der Waals surface area contributed by atoms with E-state index in [1.165, 1.54) is 12.1 Å². The van der Waals surface area contributed by atoms with Crippen molar-refractivity contribution in [1.29, 1.82) is 0 Å². The molecule has 21 heavy (non-hydrogen) atoms. The van der Waals surface area contributed by atoms with Crippen LogP contribution >= 0.6 is 0 Å². The number of nitrogens with zero attached hydrogens (tertiary/aromatic N) is 2. The number of carbonyl (C=O) groups is 2. The Morgan fingerprint density at radius 1 is 1.19 bits per heavy atom. The molecule has 1 aromatic carbocycles. The molecule has 1 aliphatic heterocycles. The van der Waals surface area contributed by atoms with Crippen molar-refractivity contribution in [2.45, 2.75) is 6.92 Å². The highest BCUT2D eigenvalue weighted by Gasteiger charge is 2.25. The molecule has 7 heteroatoms. The number of nitrogens with one attached hydrogen (secondary N) is 1. The van der Waals surface area contributed by atoms with Gasteiger partial charge in [0.1, 0.15) is 5.82 Å². The van der Waals surface area contributed by atoms with E-state index in [2.05, 4.69) is 5.32 Å². The number of benzene rings is 1. The lowest BCUT2D eigenvalue weighted by molar-refractivity contribution is 0.0868. The first kappa shape index (κ1) is 15.1. The minimum absolute atomic E-state index is 0.148. The molecule has 1 aliphatic rings. The van der Waals surface area contributed by atoms with Crippen molar-refractivity contribution in [1.82, 2.24) is 9.80 Å². The van der Waals surface area contributed by atoms with Gasteiger partial charge in [-0.15, -0.1) is 0 Å². The van der Waals surface area contributed by atoms with E-state index >= 15 is 0 Å². The summed E-state index contributed by atoms with van der Waals surface area (Å²) in [5.74, 6) is -0.476. The lowest BCUT2D eigenvalue weighted by atomic mass is 10.3. The van der Waals surface area contributed by atoms with E-state index in [4.69, 9.17) is 4.74 Å². The first-order valence-corrected chi connectivity index (χ1v) is 6.84. The quantitative estimate of drug-likeness (QED) is 0.909. The molecule has 0 radical (unpaired) electrons. The second-order valence-corrected chi connectivity index (χ2v) is 4.58. The summed E-state index contributed by atoms with van der Waals surface area (Å²) in [4.78, 5) is 26.7. The number of rotatable bonds is 2. The Morgan fingerprint density at radius 3 is 2.43 bits per heavy atom. The van der Waals surface area contributed by atoms with Crippen molar-refractivity contribution in [3.8, 4) is 0 Å². The smallest absolute Gasteiger partial charge is 0.409 e. The molecule has 1 heterocycles. The van der Waals surface area contributed by atoms with E-state index in [1.807, 2.05) is 0 Å². The van der Waals surface area contributed by atoms with Crippen LogP contribution in [0.15, 0.2) is 24.3 Å². The molecule has 1 fully saturated rings. The molecule has 1 aromatic rings. The number of hydrogen-bond donors (Lipinski definition) is 1. The molecule has 3 amide bonds. The summed E-state index contributed by atoms with van der Waals surface area (Å²) in [6.07, 6.45) is -0.369. The molecule has 6 nitrogen and oxygen atoms in total. The second-order valence-electron chi connectivity index (χ2n) is 4.58. The van der Waals surface area contributed by atoms with Crippen LogP contribution in [0.4, 0.5) is 19.7 Å². The third-order valence-electron chi connectivity index (χ3n) is 3.21. The summed E-state index contributed by atoms with van der Waals surface area (Å²) in [5, 5.41) is 2.53. The van der Waals surface area contributed by atoms with Gasteiger partial charge in [-0.2, -0.15) is 0 Å². The largest absolute Gasteiger partial charge is 0.450 e. The van der Waals surface area contributed by atoms with E-state index in [9.17, 15) is 14.0 Å². The zero-order valence-electron chi connectivity index (χ0n) is 11.8. The Bertz CT molecular complexity index is 516. The van der Waals surface area contributed by atoms with Crippen LogP contribution in [-0.4, -0.2) is 54.7 Å². The maximum absolute atomic E-state index is 13.5. The van der Waals surface area contributed by atoms with Crippen LogP contribution in [0.5, 0.6) is 0 Å². The number of ether oxygens (including phenoxy) is 1. The van der Waals surface area contributed by atoms with Gasteiger partial charge in [-0.05, 0) is 19.1 Å². The monoisotopic (exact) mass is 295 g/mol. The Balaban J connectivity index is 1.86. The Hall–Kier alpha value is -2.31. The summed E-state index contributed by atoms with van der Waals surface area (Å²) < 4.78 is 18.4. The molecule has 2 rings (SSSR count). The zero-order valence-corrected chi connectivity index (χ0v) is 11.8. The van der Waals surface area contributed by atoms with Gasteiger partial charge >= 0.3 is 12.1 Å². The third kappa shape index (κ3) is 3.84. The highest BCUT2D eigenvalue weighted by atomic mass is 19.1. The van der Waals surface area contributed by atoms with Crippen LogP contribution in [-0.2, 0) is 4.74 Å². The third-order valence-corrected chi connectivity index (χ3v) is 3.21. The molecule has 0 aromatic heterocycles. The van der Waals surface area contributed by atoms with Crippen LogP contribution in [0.25, 0.3) is 0 Å². The van der Waals surface area contributed by atoms with Crippen molar-refractivity contribution in [3.63, 3.8) is 0 Å². The molecule has 0 bridgehead atoms. The first-order chi connectivity index (χ1) is 10.1. The highest BCUT2D eigenvalue weighted by Crippen LogP contribution is 2.14. The zero-order chi connectivity index (χ0) is 15.2. The van der Waals surface area contributed by atoms with Gasteiger partial charge < -0.3 is 19.9 Å². The van der Waals surface area contributed by atoms with Crippen LogP contribution in [0, 0.1) is 5.82 Å². The topological polar surface area (TPSA) is 61.9 Å². The van der Waals surface area contributed by atoms with Crippen LogP contribution in [0.3, 0.4) is 0 Å². The van der Waals surface area contributed by atoms with E-state index in [0.717, 1.165) is 0 Å². The molecule has 0 saturated carbocycles. The molecule has 0 aliphatic carbocycles. The summed E-state index contributed by atoms with van der Waals surface area (Å²) in [6, 6.07) is 5.63. The molecule has 1 N–H and O–H groups in total. The average Bonchev–Trinajstić information content (AvgIpc) is 2.50. The lowest BCUT2D eigenvalue weighted by Gasteiger charge is -2.34. The van der Waals surface area contributed by atoms with Gasteiger partial charge in [0.2, 0.25) is 0 Å². The van der Waals surface area contributed by atoms with E-state index in [0.29, 0.717) is 32.8 Å². The van der Waals surface area contributed by atoms with E-state index < -0.39 is 5.82 Å². The van der Waals surface area contributed by atoms with Crippen LogP contribution < -0.4 is 5.32 Å². The van der Waals surface area contributed by atoms with Crippen molar-refractivity contribution in [3.05, 3.63) is 30.1 Å². The second kappa shape index (κ2) is 6.92. The fraction of sp³-hybridized carbons (Fsp3) is 0.429. The van der Waals surface area contributed by atoms with Gasteiger partial charge in [-0.3, -0.25) is 0 Å². The minimum atomic E-state index is -0.476. The summed E-state index contributed by atoms with van der Waals surface area (Å²) in [5.41, 5.74) is 0.148.